The molecule has 3 N–H and O–H groups in total. The standard InChI is InChI=1S/C12H14FN3O5/c1-7(11(17)18)2-3-14-12(19)15-9-4-8(13)5-10(6-9)16(20)21/h4-7H,2-3H2,1H3,(H,17,18)(H2,14,15,19). The Labute approximate surface area is 119 Å². The number of anilines is 1. The summed E-state index contributed by atoms with van der Waals surface area (Å²) in [5.74, 6) is -2.43. The number of nitro groups is 1. The molecule has 0 aliphatic carbocycles. The molecule has 0 saturated heterocycles. The van der Waals surface area contributed by atoms with Crippen molar-refractivity contribution in [1.29, 1.82) is 0 Å². The zero-order valence-electron chi connectivity index (χ0n) is 11.1. The lowest BCUT2D eigenvalue weighted by molar-refractivity contribution is -0.385. The van der Waals surface area contributed by atoms with E-state index in [0.717, 1.165) is 18.2 Å². The molecule has 0 spiro atoms. The number of benzene rings is 1. The SMILES string of the molecule is CC(CCNC(=O)Nc1cc(F)cc([N+](=O)[O-])c1)C(=O)O. The third-order valence-corrected chi connectivity index (χ3v) is 2.64. The number of non-ortho nitro benzene ring substituents is 1. The molecule has 1 rings (SSSR count). The van der Waals surface area contributed by atoms with E-state index in [1.807, 2.05) is 0 Å². The summed E-state index contributed by atoms with van der Waals surface area (Å²) in [7, 11) is 0. The van der Waals surface area contributed by atoms with Crippen molar-refractivity contribution in [2.24, 2.45) is 5.92 Å². The van der Waals surface area contributed by atoms with Crippen LogP contribution in [0, 0.1) is 21.8 Å². The van der Waals surface area contributed by atoms with Crippen LogP contribution in [-0.2, 0) is 4.79 Å². The molecule has 0 aliphatic rings. The highest BCUT2D eigenvalue weighted by Gasteiger charge is 2.13. The molecule has 0 heterocycles. The fraction of sp³-hybridized carbons (Fsp3) is 0.333. The van der Waals surface area contributed by atoms with Crippen LogP contribution in [0.15, 0.2) is 18.2 Å². The summed E-state index contributed by atoms with van der Waals surface area (Å²) < 4.78 is 13.1. The number of hydrogen-bond donors (Lipinski definition) is 3. The first-order valence-electron chi connectivity index (χ1n) is 6.02. The average molecular weight is 299 g/mol. The lowest BCUT2D eigenvalue weighted by Gasteiger charge is -2.09. The quantitative estimate of drug-likeness (QED) is 0.547. The van der Waals surface area contributed by atoms with E-state index in [2.05, 4.69) is 10.6 Å². The van der Waals surface area contributed by atoms with Gasteiger partial charge in [0.2, 0.25) is 0 Å². The van der Waals surface area contributed by atoms with Gasteiger partial charge in [-0.3, -0.25) is 14.9 Å². The maximum absolute atomic E-state index is 13.1. The van der Waals surface area contributed by atoms with Crippen molar-refractivity contribution in [3.05, 3.63) is 34.1 Å². The normalized spacial score (nSPS) is 11.5. The first kappa shape index (κ1) is 16.3. The van der Waals surface area contributed by atoms with Crippen LogP contribution in [0.25, 0.3) is 0 Å². The topological polar surface area (TPSA) is 122 Å². The molecule has 9 heteroatoms. The highest BCUT2D eigenvalue weighted by molar-refractivity contribution is 5.89. The number of carbonyl (C=O) groups excluding carboxylic acids is 1. The van der Waals surface area contributed by atoms with Crippen LogP contribution in [0.5, 0.6) is 0 Å². The summed E-state index contributed by atoms with van der Waals surface area (Å²) in [5.41, 5.74) is -0.546. The van der Waals surface area contributed by atoms with Gasteiger partial charge in [-0.15, -0.1) is 0 Å². The van der Waals surface area contributed by atoms with Crippen molar-refractivity contribution in [2.75, 3.05) is 11.9 Å². The molecule has 1 aromatic rings. The molecular weight excluding hydrogens is 285 g/mol. The van der Waals surface area contributed by atoms with E-state index in [9.17, 15) is 24.1 Å². The highest BCUT2D eigenvalue weighted by Crippen LogP contribution is 2.19. The second-order valence-electron chi connectivity index (χ2n) is 4.36. The number of urea groups is 1. The van der Waals surface area contributed by atoms with Gasteiger partial charge in [-0.2, -0.15) is 0 Å². The van der Waals surface area contributed by atoms with E-state index in [0.29, 0.717) is 0 Å². The lowest BCUT2D eigenvalue weighted by atomic mass is 10.1. The number of nitrogens with one attached hydrogen (secondary N) is 2. The second kappa shape index (κ2) is 7.17. The van der Waals surface area contributed by atoms with Gasteiger partial charge >= 0.3 is 12.0 Å². The third kappa shape index (κ3) is 5.43. The molecule has 1 atom stereocenters. The fourth-order valence-electron chi connectivity index (χ4n) is 1.45. The van der Waals surface area contributed by atoms with Crippen LogP contribution in [0.3, 0.4) is 0 Å². The Bertz CT molecular complexity index is 564. The number of carboxylic acid groups (broad SMARTS) is 1. The monoisotopic (exact) mass is 299 g/mol. The first-order chi connectivity index (χ1) is 9.79. The van der Waals surface area contributed by atoms with Gasteiger partial charge in [0.25, 0.3) is 5.69 Å². The summed E-state index contributed by atoms with van der Waals surface area (Å²) in [6.45, 7) is 1.61. The molecule has 0 aliphatic heterocycles. The predicted molar refractivity (Wildman–Crippen MR) is 71.5 cm³/mol. The van der Waals surface area contributed by atoms with E-state index in [1.54, 1.807) is 0 Å². The number of aliphatic carboxylic acids is 1. The van der Waals surface area contributed by atoms with Crippen LogP contribution >= 0.6 is 0 Å². The highest BCUT2D eigenvalue weighted by atomic mass is 19.1. The maximum atomic E-state index is 13.1. The summed E-state index contributed by atoms with van der Waals surface area (Å²) in [5, 5.41) is 23.8. The first-order valence-corrected chi connectivity index (χ1v) is 6.02. The Morgan fingerprint density at radius 2 is 2.10 bits per heavy atom. The molecule has 0 saturated carbocycles. The Kier molecular flexibility index (Phi) is 5.58. The van der Waals surface area contributed by atoms with Gasteiger partial charge in [0, 0.05) is 12.6 Å². The van der Waals surface area contributed by atoms with Gasteiger partial charge in [0.05, 0.1) is 22.6 Å². The Balaban J connectivity index is 2.55. The predicted octanol–water partition coefficient (Wildman–Crippen LogP) is 1.97. The second-order valence-corrected chi connectivity index (χ2v) is 4.36. The number of amides is 2. The summed E-state index contributed by atoms with van der Waals surface area (Å²) in [4.78, 5) is 31.8. The molecule has 0 bridgehead atoms. The van der Waals surface area contributed by atoms with Crippen LogP contribution in [0.4, 0.5) is 20.6 Å². The van der Waals surface area contributed by atoms with E-state index < -0.39 is 34.3 Å². The van der Waals surface area contributed by atoms with Gasteiger partial charge in [-0.05, 0) is 12.5 Å². The molecule has 1 unspecified atom stereocenters. The van der Waals surface area contributed by atoms with Gasteiger partial charge < -0.3 is 15.7 Å². The molecule has 2 amide bonds. The van der Waals surface area contributed by atoms with Crippen molar-refractivity contribution < 1.29 is 24.0 Å². The minimum atomic E-state index is -0.974. The van der Waals surface area contributed by atoms with Crippen LogP contribution in [0.1, 0.15) is 13.3 Å². The number of hydrogen-bond acceptors (Lipinski definition) is 4. The zero-order chi connectivity index (χ0) is 16.0. The largest absolute Gasteiger partial charge is 0.481 e. The molecule has 1 aromatic carbocycles. The average Bonchev–Trinajstić information content (AvgIpc) is 2.37. The number of carbonyl (C=O) groups is 2. The minimum Gasteiger partial charge on any atom is -0.481 e. The third-order valence-electron chi connectivity index (χ3n) is 2.64. The van der Waals surface area contributed by atoms with E-state index in [4.69, 9.17) is 5.11 Å². The van der Waals surface area contributed by atoms with Gasteiger partial charge in [0.1, 0.15) is 5.82 Å². The molecule has 114 valence electrons. The van der Waals surface area contributed by atoms with Gasteiger partial charge in [0.15, 0.2) is 0 Å². The molecule has 8 nitrogen and oxygen atoms in total. The Hall–Kier alpha value is -2.71. The summed E-state index contributed by atoms with van der Waals surface area (Å²) >= 11 is 0. The lowest BCUT2D eigenvalue weighted by Crippen LogP contribution is -2.31. The number of nitrogens with zero attached hydrogens (tertiary/aromatic N) is 1. The molecule has 21 heavy (non-hydrogen) atoms. The Morgan fingerprint density at radius 3 is 2.67 bits per heavy atom. The van der Waals surface area contributed by atoms with E-state index in [-0.39, 0.29) is 18.7 Å². The molecule has 0 radical (unpaired) electrons. The van der Waals surface area contributed by atoms with Crippen molar-refractivity contribution in [3.8, 4) is 0 Å². The van der Waals surface area contributed by atoms with Crippen molar-refractivity contribution in [3.63, 3.8) is 0 Å². The van der Waals surface area contributed by atoms with Crippen molar-refractivity contribution >= 4 is 23.4 Å². The Morgan fingerprint density at radius 1 is 1.43 bits per heavy atom. The summed E-state index contributed by atoms with van der Waals surface area (Å²) in [6.07, 6.45) is 0.228. The molecule has 0 aromatic heterocycles. The van der Waals surface area contributed by atoms with Gasteiger partial charge in [-0.25, -0.2) is 9.18 Å². The molecule has 0 fully saturated rings. The smallest absolute Gasteiger partial charge is 0.319 e. The molecular formula is C12H14FN3O5. The van der Waals surface area contributed by atoms with Crippen LogP contribution in [-0.4, -0.2) is 28.6 Å². The van der Waals surface area contributed by atoms with Crippen molar-refractivity contribution in [2.45, 2.75) is 13.3 Å². The van der Waals surface area contributed by atoms with Crippen molar-refractivity contribution in [1.82, 2.24) is 5.32 Å². The number of carboxylic acids is 1. The fourth-order valence-corrected chi connectivity index (χ4v) is 1.45. The van der Waals surface area contributed by atoms with E-state index >= 15 is 0 Å². The van der Waals surface area contributed by atoms with Crippen LogP contribution in [0.2, 0.25) is 0 Å². The van der Waals surface area contributed by atoms with Crippen LogP contribution < -0.4 is 10.6 Å². The number of nitro benzene ring substituents is 1. The summed E-state index contributed by atoms with van der Waals surface area (Å²) in [6, 6.07) is 1.99. The maximum Gasteiger partial charge on any atom is 0.319 e. The zero-order valence-corrected chi connectivity index (χ0v) is 11.1. The minimum absolute atomic E-state index is 0.0644. The number of halogens is 1. The number of rotatable bonds is 6. The van der Waals surface area contributed by atoms with Gasteiger partial charge in [-0.1, -0.05) is 6.92 Å². The van der Waals surface area contributed by atoms with E-state index in [1.165, 1.54) is 6.92 Å².